The molecule has 0 unspecified atom stereocenters. The van der Waals surface area contributed by atoms with Crippen LogP contribution in [0.3, 0.4) is 0 Å². The fourth-order valence-electron chi connectivity index (χ4n) is 3.14. The summed E-state index contributed by atoms with van der Waals surface area (Å²) in [5.74, 6) is 1.51. The molecule has 6 heteroatoms. The third-order valence-corrected chi connectivity index (χ3v) is 4.52. The van der Waals surface area contributed by atoms with Crippen LogP contribution in [0.25, 0.3) is 0 Å². The van der Waals surface area contributed by atoms with Crippen molar-refractivity contribution < 1.29 is 9.32 Å². The van der Waals surface area contributed by atoms with Crippen molar-refractivity contribution in [2.45, 2.75) is 64.3 Å². The summed E-state index contributed by atoms with van der Waals surface area (Å²) < 4.78 is 5.29. The third-order valence-electron chi connectivity index (χ3n) is 4.52. The molecule has 0 bridgehead atoms. The SMILES string of the molecule is CC(C)(C)c1noc(CCCC(=O)N2CCC[C@@H]2c2ccccn2)n1. The third kappa shape index (κ3) is 4.24. The van der Waals surface area contributed by atoms with Crippen LogP contribution in [0.5, 0.6) is 0 Å². The van der Waals surface area contributed by atoms with Gasteiger partial charge in [0.05, 0.1) is 11.7 Å². The second-order valence-electron chi connectivity index (χ2n) is 7.62. The zero-order chi connectivity index (χ0) is 17.9. The van der Waals surface area contributed by atoms with Crippen LogP contribution in [0.15, 0.2) is 28.9 Å². The van der Waals surface area contributed by atoms with Crippen LogP contribution < -0.4 is 0 Å². The molecule has 1 atom stereocenters. The summed E-state index contributed by atoms with van der Waals surface area (Å²) in [7, 11) is 0. The van der Waals surface area contributed by atoms with Gasteiger partial charge in [-0.15, -0.1) is 0 Å². The number of aryl methyl sites for hydroxylation is 1. The summed E-state index contributed by atoms with van der Waals surface area (Å²) in [6.07, 6.45) is 5.66. The number of rotatable bonds is 5. The molecular formula is C19H26N4O2. The largest absolute Gasteiger partial charge is 0.339 e. The summed E-state index contributed by atoms with van der Waals surface area (Å²) in [5, 5.41) is 4.02. The van der Waals surface area contributed by atoms with E-state index in [9.17, 15) is 4.79 Å². The van der Waals surface area contributed by atoms with Gasteiger partial charge in [0.2, 0.25) is 11.8 Å². The van der Waals surface area contributed by atoms with E-state index in [2.05, 4.69) is 35.9 Å². The van der Waals surface area contributed by atoms with Crippen LogP contribution in [0.1, 0.15) is 69.9 Å². The lowest BCUT2D eigenvalue weighted by Crippen LogP contribution is -2.30. The molecule has 0 aliphatic carbocycles. The van der Waals surface area contributed by atoms with Crippen LogP contribution in [-0.4, -0.2) is 32.5 Å². The molecule has 3 rings (SSSR count). The molecule has 3 heterocycles. The Morgan fingerprint density at radius 1 is 1.36 bits per heavy atom. The van der Waals surface area contributed by atoms with E-state index < -0.39 is 0 Å². The second kappa shape index (κ2) is 7.33. The molecule has 1 saturated heterocycles. The smallest absolute Gasteiger partial charge is 0.226 e. The van der Waals surface area contributed by atoms with Gasteiger partial charge in [-0.1, -0.05) is 32.0 Å². The van der Waals surface area contributed by atoms with Gasteiger partial charge in [-0.3, -0.25) is 9.78 Å². The van der Waals surface area contributed by atoms with E-state index in [1.54, 1.807) is 6.20 Å². The van der Waals surface area contributed by atoms with E-state index in [0.717, 1.165) is 31.5 Å². The highest BCUT2D eigenvalue weighted by Crippen LogP contribution is 2.31. The molecule has 134 valence electrons. The Kier molecular flexibility index (Phi) is 5.16. The molecule has 25 heavy (non-hydrogen) atoms. The minimum absolute atomic E-state index is 0.115. The Labute approximate surface area is 148 Å². The highest BCUT2D eigenvalue weighted by Gasteiger charge is 2.30. The summed E-state index contributed by atoms with van der Waals surface area (Å²) in [6.45, 7) is 6.97. The fourth-order valence-corrected chi connectivity index (χ4v) is 3.14. The van der Waals surface area contributed by atoms with Crippen LogP contribution in [0.2, 0.25) is 0 Å². The molecule has 0 radical (unpaired) electrons. The molecule has 6 nitrogen and oxygen atoms in total. The van der Waals surface area contributed by atoms with Crippen molar-refractivity contribution in [3.05, 3.63) is 41.8 Å². The maximum atomic E-state index is 12.6. The average molecular weight is 342 g/mol. The molecule has 1 fully saturated rings. The predicted molar refractivity (Wildman–Crippen MR) is 93.9 cm³/mol. The Bertz CT molecular complexity index is 706. The molecular weight excluding hydrogens is 316 g/mol. The summed E-state index contributed by atoms with van der Waals surface area (Å²) in [4.78, 5) is 23.4. The first kappa shape index (κ1) is 17.6. The fraction of sp³-hybridized carbons (Fsp3) is 0.579. The van der Waals surface area contributed by atoms with Crippen molar-refractivity contribution in [1.82, 2.24) is 20.0 Å². The minimum Gasteiger partial charge on any atom is -0.339 e. The van der Waals surface area contributed by atoms with E-state index >= 15 is 0 Å². The number of hydrogen-bond acceptors (Lipinski definition) is 5. The highest BCUT2D eigenvalue weighted by molar-refractivity contribution is 5.77. The van der Waals surface area contributed by atoms with E-state index in [-0.39, 0.29) is 17.4 Å². The van der Waals surface area contributed by atoms with Gasteiger partial charge >= 0.3 is 0 Å². The summed E-state index contributed by atoms with van der Waals surface area (Å²) >= 11 is 0. The zero-order valence-corrected chi connectivity index (χ0v) is 15.2. The average Bonchev–Trinajstić information content (AvgIpc) is 3.24. The van der Waals surface area contributed by atoms with Gasteiger partial charge in [0.15, 0.2) is 5.82 Å². The lowest BCUT2D eigenvalue weighted by atomic mass is 9.96. The van der Waals surface area contributed by atoms with Gasteiger partial charge in [-0.05, 0) is 31.4 Å². The van der Waals surface area contributed by atoms with E-state index in [1.165, 1.54) is 0 Å². The highest BCUT2D eigenvalue weighted by atomic mass is 16.5. The predicted octanol–water partition coefficient (Wildman–Crippen LogP) is 3.45. The monoisotopic (exact) mass is 342 g/mol. The van der Waals surface area contributed by atoms with Crippen molar-refractivity contribution in [3.63, 3.8) is 0 Å². The van der Waals surface area contributed by atoms with Gasteiger partial charge < -0.3 is 9.42 Å². The van der Waals surface area contributed by atoms with Crippen molar-refractivity contribution in [2.24, 2.45) is 0 Å². The van der Waals surface area contributed by atoms with Crippen LogP contribution >= 0.6 is 0 Å². The first-order chi connectivity index (χ1) is 11.9. The van der Waals surface area contributed by atoms with Crippen molar-refractivity contribution in [1.29, 1.82) is 0 Å². The topological polar surface area (TPSA) is 72.1 Å². The number of amides is 1. The van der Waals surface area contributed by atoms with E-state index in [0.29, 0.717) is 24.6 Å². The molecule has 0 spiro atoms. The van der Waals surface area contributed by atoms with Gasteiger partial charge in [-0.2, -0.15) is 4.98 Å². The van der Waals surface area contributed by atoms with Crippen molar-refractivity contribution in [3.8, 4) is 0 Å². The number of hydrogen-bond donors (Lipinski definition) is 0. The summed E-state index contributed by atoms with van der Waals surface area (Å²) in [6, 6.07) is 6.00. The second-order valence-corrected chi connectivity index (χ2v) is 7.62. The lowest BCUT2D eigenvalue weighted by molar-refractivity contribution is -0.132. The van der Waals surface area contributed by atoms with Gasteiger partial charge in [0.1, 0.15) is 0 Å². The van der Waals surface area contributed by atoms with Crippen molar-refractivity contribution in [2.75, 3.05) is 6.54 Å². The van der Waals surface area contributed by atoms with Crippen LogP contribution in [-0.2, 0) is 16.6 Å². The Balaban J connectivity index is 1.53. The van der Waals surface area contributed by atoms with E-state index in [4.69, 9.17) is 4.52 Å². The molecule has 0 saturated carbocycles. The molecule has 1 aliphatic heterocycles. The lowest BCUT2D eigenvalue weighted by Gasteiger charge is -2.24. The molecule has 2 aromatic heterocycles. The summed E-state index contributed by atoms with van der Waals surface area (Å²) in [5.41, 5.74) is 0.864. The first-order valence-electron chi connectivity index (χ1n) is 8.98. The van der Waals surface area contributed by atoms with Gasteiger partial charge in [0.25, 0.3) is 0 Å². The zero-order valence-electron chi connectivity index (χ0n) is 15.2. The molecule has 0 N–H and O–H groups in total. The number of likely N-dealkylation sites (tertiary alicyclic amines) is 1. The van der Waals surface area contributed by atoms with Gasteiger partial charge in [0, 0.05) is 31.0 Å². The maximum Gasteiger partial charge on any atom is 0.226 e. The number of carbonyl (C=O) groups is 1. The molecule has 1 amide bonds. The number of aromatic nitrogens is 3. The maximum absolute atomic E-state index is 12.6. The number of carbonyl (C=O) groups excluding carboxylic acids is 1. The quantitative estimate of drug-likeness (QED) is 0.832. The molecule has 2 aromatic rings. The van der Waals surface area contributed by atoms with E-state index in [1.807, 2.05) is 23.1 Å². The number of nitrogens with zero attached hydrogens (tertiary/aromatic N) is 4. The molecule has 1 aliphatic rings. The van der Waals surface area contributed by atoms with Crippen LogP contribution in [0, 0.1) is 0 Å². The van der Waals surface area contributed by atoms with Crippen molar-refractivity contribution >= 4 is 5.91 Å². The minimum atomic E-state index is -0.122. The Morgan fingerprint density at radius 3 is 2.88 bits per heavy atom. The standard InChI is InChI=1S/C19H26N4O2/c1-19(2,3)18-21-16(25-22-18)10-6-11-17(24)23-13-7-9-15(23)14-8-4-5-12-20-14/h4-5,8,12,15H,6-7,9-11,13H2,1-3H3/t15-/m1/s1. The normalized spacial score (nSPS) is 17.9. The van der Waals surface area contributed by atoms with Gasteiger partial charge in [-0.25, -0.2) is 0 Å². The van der Waals surface area contributed by atoms with Crippen LogP contribution in [0.4, 0.5) is 0 Å². The Morgan fingerprint density at radius 2 is 2.20 bits per heavy atom. The number of pyridine rings is 1. The first-order valence-corrected chi connectivity index (χ1v) is 8.98. The molecule has 0 aromatic carbocycles. The Hall–Kier alpha value is -2.24.